The van der Waals surface area contributed by atoms with Crippen molar-refractivity contribution in [3.05, 3.63) is 26.6 Å². The van der Waals surface area contributed by atoms with Crippen LogP contribution in [-0.4, -0.2) is 24.4 Å². The molecular weight excluding hydrogens is 398 g/mol. The van der Waals surface area contributed by atoms with E-state index in [1.54, 1.807) is 7.11 Å². The second-order valence-corrected chi connectivity index (χ2v) is 7.83. The van der Waals surface area contributed by atoms with Crippen LogP contribution >= 0.6 is 31.9 Å². The molecule has 0 heterocycles. The van der Waals surface area contributed by atoms with Gasteiger partial charge in [-0.2, -0.15) is 0 Å². The van der Waals surface area contributed by atoms with Crippen molar-refractivity contribution in [2.45, 2.75) is 44.8 Å². The van der Waals surface area contributed by atoms with Crippen LogP contribution < -0.4 is 10.1 Å². The molecule has 0 spiro atoms. The molecule has 3 nitrogen and oxygen atoms in total. The van der Waals surface area contributed by atoms with Gasteiger partial charge >= 0.3 is 0 Å². The average molecular weight is 421 g/mol. The van der Waals surface area contributed by atoms with Crippen molar-refractivity contribution < 1.29 is 9.84 Å². The van der Waals surface area contributed by atoms with Gasteiger partial charge in [-0.25, -0.2) is 0 Å². The van der Waals surface area contributed by atoms with Crippen molar-refractivity contribution in [2.24, 2.45) is 5.92 Å². The Morgan fingerprint density at radius 1 is 1.38 bits per heavy atom. The number of benzene rings is 1. The van der Waals surface area contributed by atoms with E-state index in [-0.39, 0.29) is 0 Å². The van der Waals surface area contributed by atoms with Gasteiger partial charge < -0.3 is 15.2 Å². The summed E-state index contributed by atoms with van der Waals surface area (Å²) < 4.78 is 7.17. The first-order valence-electron chi connectivity index (χ1n) is 7.38. The standard InChI is InChI=1S/C16H23Br2NO2/c1-11-4-3-5-16(20,8-11)10-19-9-12-6-13(17)15(21-2)14(18)7-12/h6-7,11,19-20H,3-5,8-10H2,1-2H3. The molecule has 1 aliphatic carbocycles. The quantitative estimate of drug-likeness (QED) is 0.747. The largest absolute Gasteiger partial charge is 0.494 e. The molecule has 1 aromatic rings. The van der Waals surface area contributed by atoms with Crippen LogP contribution in [0.3, 0.4) is 0 Å². The van der Waals surface area contributed by atoms with Crippen LogP contribution in [0.4, 0.5) is 0 Å². The number of rotatable bonds is 5. The van der Waals surface area contributed by atoms with Crippen molar-refractivity contribution in [2.75, 3.05) is 13.7 Å². The summed E-state index contributed by atoms with van der Waals surface area (Å²) in [4.78, 5) is 0. The molecule has 0 saturated heterocycles. The highest BCUT2D eigenvalue weighted by Crippen LogP contribution is 2.35. The van der Waals surface area contributed by atoms with Gasteiger partial charge in [0.25, 0.3) is 0 Å². The van der Waals surface area contributed by atoms with Crippen molar-refractivity contribution in [1.82, 2.24) is 5.32 Å². The van der Waals surface area contributed by atoms with E-state index in [1.807, 2.05) is 12.1 Å². The predicted molar refractivity (Wildman–Crippen MR) is 92.7 cm³/mol. The number of hydrogen-bond donors (Lipinski definition) is 2. The number of halogens is 2. The van der Waals surface area contributed by atoms with Gasteiger partial charge in [0.05, 0.1) is 21.7 Å². The first-order chi connectivity index (χ1) is 9.93. The summed E-state index contributed by atoms with van der Waals surface area (Å²) in [5.41, 5.74) is 0.612. The number of methoxy groups -OCH3 is 1. The van der Waals surface area contributed by atoms with Crippen LogP contribution in [-0.2, 0) is 6.54 Å². The molecule has 0 radical (unpaired) electrons. The first kappa shape index (κ1) is 17.3. The molecule has 0 aliphatic heterocycles. The minimum Gasteiger partial charge on any atom is -0.494 e. The second kappa shape index (κ2) is 7.44. The summed E-state index contributed by atoms with van der Waals surface area (Å²) in [6.45, 7) is 3.61. The average Bonchev–Trinajstić information content (AvgIpc) is 2.37. The van der Waals surface area contributed by atoms with E-state index in [2.05, 4.69) is 44.1 Å². The second-order valence-electron chi connectivity index (χ2n) is 6.12. The summed E-state index contributed by atoms with van der Waals surface area (Å²) in [5, 5.41) is 14.0. The van der Waals surface area contributed by atoms with Crippen LogP contribution in [0.25, 0.3) is 0 Å². The van der Waals surface area contributed by atoms with Gasteiger partial charge in [-0.15, -0.1) is 0 Å². The Labute approximate surface area is 143 Å². The van der Waals surface area contributed by atoms with E-state index in [9.17, 15) is 5.11 Å². The van der Waals surface area contributed by atoms with Gasteiger partial charge in [0.2, 0.25) is 0 Å². The summed E-state index contributed by atoms with van der Waals surface area (Å²) in [7, 11) is 1.66. The highest BCUT2D eigenvalue weighted by atomic mass is 79.9. The smallest absolute Gasteiger partial charge is 0.147 e. The van der Waals surface area contributed by atoms with Gasteiger partial charge in [-0.3, -0.25) is 0 Å². The molecule has 0 amide bonds. The Kier molecular flexibility index (Phi) is 6.12. The van der Waals surface area contributed by atoms with Gasteiger partial charge in [0, 0.05) is 13.1 Å². The normalized spacial score (nSPS) is 25.9. The Morgan fingerprint density at radius 3 is 2.62 bits per heavy atom. The van der Waals surface area contributed by atoms with Crippen molar-refractivity contribution in [3.8, 4) is 5.75 Å². The van der Waals surface area contributed by atoms with Gasteiger partial charge in [0.1, 0.15) is 5.75 Å². The molecule has 2 rings (SSSR count). The Bertz CT molecular complexity index is 472. The zero-order valence-electron chi connectivity index (χ0n) is 12.6. The third-order valence-corrected chi connectivity index (χ3v) is 5.29. The molecule has 0 aromatic heterocycles. The number of ether oxygens (including phenoxy) is 1. The zero-order chi connectivity index (χ0) is 15.5. The molecule has 21 heavy (non-hydrogen) atoms. The molecule has 1 aliphatic rings. The maximum absolute atomic E-state index is 10.6. The molecule has 1 saturated carbocycles. The minimum absolute atomic E-state index is 0.543. The van der Waals surface area contributed by atoms with Crippen LogP contribution in [0, 0.1) is 5.92 Å². The summed E-state index contributed by atoms with van der Waals surface area (Å²) >= 11 is 7.03. The monoisotopic (exact) mass is 419 g/mol. The van der Waals surface area contributed by atoms with Crippen molar-refractivity contribution in [1.29, 1.82) is 0 Å². The highest BCUT2D eigenvalue weighted by molar-refractivity contribution is 9.11. The molecule has 0 bridgehead atoms. The van der Waals surface area contributed by atoms with Crippen LogP contribution in [0.15, 0.2) is 21.1 Å². The Hall–Kier alpha value is -0.100. The lowest BCUT2D eigenvalue weighted by atomic mass is 9.79. The number of aliphatic hydroxyl groups is 1. The van der Waals surface area contributed by atoms with Gasteiger partial charge in [-0.05, 0) is 68.3 Å². The van der Waals surface area contributed by atoms with Crippen LogP contribution in [0.2, 0.25) is 0 Å². The third-order valence-electron chi connectivity index (χ3n) is 4.11. The maximum atomic E-state index is 10.6. The van der Waals surface area contributed by atoms with Crippen molar-refractivity contribution in [3.63, 3.8) is 0 Å². The van der Waals surface area contributed by atoms with Crippen LogP contribution in [0.5, 0.6) is 5.75 Å². The topological polar surface area (TPSA) is 41.5 Å². The Morgan fingerprint density at radius 2 is 2.05 bits per heavy atom. The predicted octanol–water partition coefficient (Wildman–Crippen LogP) is 4.25. The highest BCUT2D eigenvalue weighted by Gasteiger charge is 2.31. The van der Waals surface area contributed by atoms with E-state index in [0.717, 1.165) is 46.1 Å². The molecule has 2 N–H and O–H groups in total. The van der Waals surface area contributed by atoms with Gasteiger partial charge in [0.15, 0.2) is 0 Å². The van der Waals surface area contributed by atoms with E-state index in [4.69, 9.17) is 4.74 Å². The third kappa shape index (κ3) is 4.68. The first-order valence-corrected chi connectivity index (χ1v) is 8.97. The maximum Gasteiger partial charge on any atom is 0.147 e. The number of nitrogens with one attached hydrogen (secondary N) is 1. The van der Waals surface area contributed by atoms with Crippen molar-refractivity contribution >= 4 is 31.9 Å². The molecule has 2 unspecified atom stereocenters. The molecule has 1 aromatic carbocycles. The fraction of sp³-hybridized carbons (Fsp3) is 0.625. The molecule has 5 heteroatoms. The van der Waals surface area contributed by atoms with E-state index in [1.165, 1.54) is 6.42 Å². The number of hydrogen-bond acceptors (Lipinski definition) is 3. The Balaban J connectivity index is 1.91. The zero-order valence-corrected chi connectivity index (χ0v) is 15.8. The lowest BCUT2D eigenvalue weighted by Crippen LogP contribution is -2.43. The molecule has 118 valence electrons. The fourth-order valence-corrected chi connectivity index (χ4v) is 4.75. The lowest BCUT2D eigenvalue weighted by Gasteiger charge is -2.35. The van der Waals surface area contributed by atoms with E-state index in [0.29, 0.717) is 12.5 Å². The molecular formula is C16H23Br2NO2. The summed E-state index contributed by atoms with van der Waals surface area (Å²) in [6, 6.07) is 4.09. The van der Waals surface area contributed by atoms with Gasteiger partial charge in [-0.1, -0.05) is 19.8 Å². The van der Waals surface area contributed by atoms with Crippen LogP contribution in [0.1, 0.15) is 38.2 Å². The minimum atomic E-state index is -0.543. The fourth-order valence-electron chi connectivity index (χ4n) is 3.14. The van der Waals surface area contributed by atoms with E-state index < -0.39 is 5.60 Å². The molecule has 1 fully saturated rings. The summed E-state index contributed by atoms with van der Waals surface area (Å²) in [5.74, 6) is 1.42. The SMILES string of the molecule is COc1c(Br)cc(CNCC2(O)CCCC(C)C2)cc1Br. The molecule has 2 atom stereocenters. The summed E-state index contributed by atoms with van der Waals surface area (Å²) in [6.07, 6.45) is 4.16. The van der Waals surface area contributed by atoms with E-state index >= 15 is 0 Å². The lowest BCUT2D eigenvalue weighted by molar-refractivity contribution is -0.0119.